The third-order valence-electron chi connectivity index (χ3n) is 4.45. The van der Waals surface area contributed by atoms with Crippen molar-refractivity contribution < 1.29 is 14.6 Å². The molecule has 0 aliphatic carbocycles. The number of aromatic nitrogens is 4. The molecule has 28 heavy (non-hydrogen) atoms. The van der Waals surface area contributed by atoms with Crippen molar-refractivity contribution in [2.45, 2.75) is 12.6 Å². The first-order chi connectivity index (χ1) is 13.6. The zero-order valence-corrected chi connectivity index (χ0v) is 14.7. The molecule has 140 valence electrons. The summed E-state index contributed by atoms with van der Waals surface area (Å²) < 4.78 is 16.8. The predicted octanol–water partition coefficient (Wildman–Crippen LogP) is 2.91. The van der Waals surface area contributed by atoms with Crippen LogP contribution >= 0.6 is 0 Å². The molecular weight excluding hydrogens is 361 g/mol. The van der Waals surface area contributed by atoms with E-state index in [1.165, 1.54) is 18.3 Å². The number of pyridine rings is 1. The van der Waals surface area contributed by atoms with Crippen LogP contribution in [0.2, 0.25) is 0 Å². The summed E-state index contributed by atoms with van der Waals surface area (Å²) in [7, 11) is 0. The summed E-state index contributed by atoms with van der Waals surface area (Å²) in [6.45, 7) is 7.05. The average molecular weight is 377 g/mol. The highest BCUT2D eigenvalue weighted by molar-refractivity contribution is 5.79. The summed E-state index contributed by atoms with van der Waals surface area (Å²) in [5.41, 5.74) is 3.39. The van der Waals surface area contributed by atoms with E-state index in [-0.39, 0.29) is 19.0 Å². The molecule has 4 rings (SSSR count). The van der Waals surface area contributed by atoms with Crippen molar-refractivity contribution in [2.24, 2.45) is 0 Å². The molecule has 3 aromatic heterocycles. The van der Waals surface area contributed by atoms with Gasteiger partial charge in [-0.25, -0.2) is 18.8 Å². The molecule has 0 aliphatic rings. The molecule has 0 saturated heterocycles. The van der Waals surface area contributed by atoms with Crippen LogP contribution in [0.5, 0.6) is 0 Å². The normalized spacial score (nSPS) is 12.2. The maximum Gasteiger partial charge on any atom is 0.254 e. The second-order valence-electron chi connectivity index (χ2n) is 6.31. The van der Waals surface area contributed by atoms with Gasteiger partial charge in [0.05, 0.1) is 49.4 Å². The fraction of sp³-hybridized carbons (Fsp3) is 0.150. The van der Waals surface area contributed by atoms with Crippen LogP contribution in [-0.4, -0.2) is 41.9 Å². The summed E-state index contributed by atoms with van der Waals surface area (Å²) in [6.07, 6.45) is 3.90. The molecule has 0 saturated carbocycles. The quantitative estimate of drug-likeness (QED) is 0.524. The van der Waals surface area contributed by atoms with Gasteiger partial charge < -0.3 is 19.6 Å². The minimum absolute atomic E-state index is 0.137. The molecule has 0 spiro atoms. The Kier molecular flexibility index (Phi) is 4.61. The molecule has 0 aliphatic heterocycles. The van der Waals surface area contributed by atoms with Crippen molar-refractivity contribution in [1.29, 1.82) is 0 Å². The van der Waals surface area contributed by atoms with E-state index in [9.17, 15) is 14.6 Å². The van der Waals surface area contributed by atoms with Crippen LogP contribution in [-0.2, 0) is 6.54 Å². The molecule has 0 fully saturated rings. The van der Waals surface area contributed by atoms with Gasteiger partial charge in [-0.05, 0) is 30.3 Å². The third-order valence-corrected chi connectivity index (χ3v) is 4.45. The number of benzene rings is 1. The van der Waals surface area contributed by atoms with Gasteiger partial charge in [0.15, 0.2) is 0 Å². The van der Waals surface area contributed by atoms with Crippen molar-refractivity contribution in [3.63, 3.8) is 0 Å². The highest BCUT2D eigenvalue weighted by atomic mass is 19.1. The molecule has 0 radical (unpaired) electrons. The first kappa shape index (κ1) is 17.9. The number of fused-ring (bicyclic) bond motifs is 1. The molecule has 2 N–H and O–H groups in total. The number of hydrogen-bond acceptors (Lipinski definition) is 4. The van der Waals surface area contributed by atoms with Gasteiger partial charge in [0.1, 0.15) is 5.82 Å². The van der Waals surface area contributed by atoms with Crippen molar-refractivity contribution in [2.75, 3.05) is 6.61 Å². The van der Waals surface area contributed by atoms with Crippen LogP contribution in [0.1, 0.15) is 0 Å². The van der Waals surface area contributed by atoms with E-state index in [0.717, 1.165) is 5.56 Å². The third kappa shape index (κ3) is 3.13. The lowest BCUT2D eigenvalue weighted by molar-refractivity contribution is 0.0815. The van der Waals surface area contributed by atoms with Crippen molar-refractivity contribution >= 4 is 11.5 Å². The van der Waals surface area contributed by atoms with Gasteiger partial charge in [-0.15, -0.1) is 0 Å². The standard InChI is InChI=1S/C20H16FN5O2/c1-22-18-8-23-17-7-4-14(9-26(17)18)20-19(13-2-5-15(21)6-3-13)24-12-25(20)10-16(28)11-27/h2-9,12,16,27-28H,10-11H2/t16-/m0/s1. The van der Waals surface area contributed by atoms with Crippen molar-refractivity contribution in [3.8, 4) is 22.5 Å². The molecule has 3 heterocycles. The number of hydrogen-bond donors (Lipinski definition) is 2. The van der Waals surface area contributed by atoms with Crippen molar-refractivity contribution in [3.05, 3.63) is 72.4 Å². The summed E-state index contributed by atoms with van der Waals surface area (Å²) in [5, 5.41) is 19.1. The lowest BCUT2D eigenvalue weighted by atomic mass is 10.1. The highest BCUT2D eigenvalue weighted by Gasteiger charge is 2.19. The minimum atomic E-state index is -0.954. The summed E-state index contributed by atoms with van der Waals surface area (Å²) >= 11 is 0. The number of rotatable bonds is 5. The molecule has 8 heteroatoms. The van der Waals surface area contributed by atoms with Gasteiger partial charge in [-0.1, -0.05) is 6.57 Å². The van der Waals surface area contributed by atoms with Gasteiger partial charge in [-0.3, -0.25) is 0 Å². The van der Waals surface area contributed by atoms with Crippen LogP contribution in [0.15, 0.2) is 55.1 Å². The van der Waals surface area contributed by atoms with Crippen LogP contribution in [0, 0.1) is 12.4 Å². The van der Waals surface area contributed by atoms with Crippen molar-refractivity contribution in [1.82, 2.24) is 18.9 Å². The van der Waals surface area contributed by atoms with E-state index in [4.69, 9.17) is 6.57 Å². The molecule has 1 atom stereocenters. The second-order valence-corrected chi connectivity index (χ2v) is 6.31. The van der Waals surface area contributed by atoms with E-state index in [2.05, 4.69) is 14.8 Å². The maximum atomic E-state index is 13.3. The van der Waals surface area contributed by atoms with Crippen LogP contribution in [0.3, 0.4) is 0 Å². The second kappa shape index (κ2) is 7.23. The number of imidazole rings is 2. The molecule has 0 bridgehead atoms. The molecular formula is C20H16FN5O2. The Morgan fingerprint density at radius 1 is 1.11 bits per heavy atom. The van der Waals surface area contributed by atoms with Crippen LogP contribution < -0.4 is 0 Å². The fourth-order valence-electron chi connectivity index (χ4n) is 3.12. The van der Waals surface area contributed by atoms with Crippen LogP contribution in [0.4, 0.5) is 10.2 Å². The fourth-order valence-corrected chi connectivity index (χ4v) is 3.12. The van der Waals surface area contributed by atoms with E-state index >= 15 is 0 Å². The highest BCUT2D eigenvalue weighted by Crippen LogP contribution is 2.32. The van der Waals surface area contributed by atoms with Gasteiger partial charge in [0.2, 0.25) is 5.65 Å². The zero-order chi connectivity index (χ0) is 19.7. The lowest BCUT2D eigenvalue weighted by Gasteiger charge is -2.13. The number of aliphatic hydroxyl groups excluding tert-OH is 2. The minimum Gasteiger partial charge on any atom is -0.394 e. The first-order valence-corrected chi connectivity index (χ1v) is 8.55. The summed E-state index contributed by atoms with van der Waals surface area (Å²) in [4.78, 5) is 12.1. The average Bonchev–Trinajstić information content (AvgIpc) is 3.31. The summed E-state index contributed by atoms with van der Waals surface area (Å²) in [5.74, 6) is 0.0311. The van der Waals surface area contributed by atoms with Gasteiger partial charge in [-0.2, -0.15) is 0 Å². The Balaban J connectivity index is 1.91. The van der Waals surface area contributed by atoms with E-state index < -0.39 is 6.10 Å². The molecule has 0 amide bonds. The number of halogens is 1. The van der Waals surface area contributed by atoms with E-state index in [0.29, 0.717) is 28.4 Å². The Morgan fingerprint density at radius 3 is 2.57 bits per heavy atom. The molecule has 4 aromatic rings. The van der Waals surface area contributed by atoms with E-state index in [1.807, 2.05) is 6.07 Å². The number of aliphatic hydroxyl groups is 2. The SMILES string of the molecule is [C-]#[N+]c1cnc2ccc(-c3c(-c4ccc(F)cc4)ncn3C[C@H](O)CO)cn12. The Morgan fingerprint density at radius 2 is 1.86 bits per heavy atom. The molecule has 0 unspecified atom stereocenters. The number of nitrogens with zero attached hydrogens (tertiary/aromatic N) is 5. The van der Waals surface area contributed by atoms with Gasteiger partial charge >= 0.3 is 0 Å². The molecule has 7 nitrogen and oxygen atoms in total. The Labute approximate surface area is 159 Å². The van der Waals surface area contributed by atoms with E-state index in [1.54, 1.807) is 39.7 Å². The summed E-state index contributed by atoms with van der Waals surface area (Å²) in [6, 6.07) is 9.62. The smallest absolute Gasteiger partial charge is 0.254 e. The lowest BCUT2D eigenvalue weighted by Crippen LogP contribution is -2.19. The zero-order valence-electron chi connectivity index (χ0n) is 14.7. The first-order valence-electron chi connectivity index (χ1n) is 8.55. The Bertz CT molecular complexity index is 1170. The maximum absolute atomic E-state index is 13.3. The van der Waals surface area contributed by atoms with Crippen LogP contribution in [0.25, 0.3) is 33.0 Å². The molecule has 1 aromatic carbocycles. The largest absolute Gasteiger partial charge is 0.394 e. The Hall–Kier alpha value is -3.54. The topological polar surface area (TPSA) is 79.9 Å². The predicted molar refractivity (Wildman–Crippen MR) is 101 cm³/mol. The monoisotopic (exact) mass is 377 g/mol. The van der Waals surface area contributed by atoms with Gasteiger partial charge in [0.25, 0.3) is 5.82 Å². The van der Waals surface area contributed by atoms with Gasteiger partial charge in [0, 0.05) is 17.2 Å².